The molecule has 8 heteroatoms. The zero-order valence-electron chi connectivity index (χ0n) is 22.0. The van der Waals surface area contributed by atoms with Crippen LogP contribution in [0.15, 0.2) is 54.7 Å². The molecule has 0 bridgehead atoms. The van der Waals surface area contributed by atoms with Crippen molar-refractivity contribution in [1.29, 1.82) is 0 Å². The number of aromatic nitrogens is 1. The highest BCUT2D eigenvalue weighted by atomic mass is 16.5. The third-order valence-corrected chi connectivity index (χ3v) is 6.67. The number of pyridine rings is 1. The van der Waals surface area contributed by atoms with E-state index in [1.165, 1.54) is 0 Å². The van der Waals surface area contributed by atoms with Gasteiger partial charge in [-0.3, -0.25) is 9.59 Å². The van der Waals surface area contributed by atoms with Gasteiger partial charge in [-0.2, -0.15) is 0 Å². The van der Waals surface area contributed by atoms with E-state index in [9.17, 15) is 9.59 Å². The maximum Gasteiger partial charge on any atom is 0.255 e. The van der Waals surface area contributed by atoms with E-state index in [1.54, 1.807) is 24.4 Å². The van der Waals surface area contributed by atoms with E-state index in [0.717, 1.165) is 48.8 Å². The molecule has 1 fully saturated rings. The molecule has 0 aliphatic carbocycles. The number of nitrogens with one attached hydrogen (secondary N) is 2. The minimum Gasteiger partial charge on any atom is -0.378 e. The van der Waals surface area contributed by atoms with Crippen LogP contribution in [0.4, 0.5) is 22.9 Å². The quantitative estimate of drug-likeness (QED) is 0.457. The Morgan fingerprint density at radius 2 is 1.68 bits per heavy atom. The number of anilines is 4. The number of amides is 2. The minimum atomic E-state index is -0.235. The fourth-order valence-electron chi connectivity index (χ4n) is 4.44. The number of ether oxygens (including phenoxy) is 1. The summed E-state index contributed by atoms with van der Waals surface area (Å²) in [4.78, 5) is 34.9. The third-order valence-electron chi connectivity index (χ3n) is 6.67. The Labute approximate surface area is 218 Å². The van der Waals surface area contributed by atoms with Crippen molar-refractivity contribution in [3.63, 3.8) is 0 Å². The zero-order valence-corrected chi connectivity index (χ0v) is 22.0. The van der Waals surface area contributed by atoms with Crippen LogP contribution in [0.2, 0.25) is 0 Å². The lowest BCUT2D eigenvalue weighted by atomic mass is 10.1. The van der Waals surface area contributed by atoms with Crippen LogP contribution in [0.1, 0.15) is 45.7 Å². The molecule has 2 N–H and O–H groups in total. The normalized spacial score (nSPS) is 13.2. The molecule has 0 spiro atoms. The third kappa shape index (κ3) is 6.27. The Bertz CT molecular complexity index is 1270. The van der Waals surface area contributed by atoms with E-state index in [-0.39, 0.29) is 11.8 Å². The van der Waals surface area contributed by atoms with Crippen LogP contribution in [-0.2, 0) is 4.74 Å². The topological polar surface area (TPSA) is 86.8 Å². The molecule has 3 aromatic rings. The molecule has 37 heavy (non-hydrogen) atoms. The number of carbonyl (C=O) groups excluding carboxylic acids is 2. The van der Waals surface area contributed by atoms with Crippen molar-refractivity contribution in [3.05, 3.63) is 77.0 Å². The summed E-state index contributed by atoms with van der Waals surface area (Å²) in [6, 6.07) is 14.9. The summed E-state index contributed by atoms with van der Waals surface area (Å²) in [5, 5.41) is 5.96. The molecule has 1 aliphatic rings. The molecule has 2 heterocycles. The lowest BCUT2D eigenvalue weighted by Gasteiger charge is -2.27. The first-order valence-corrected chi connectivity index (χ1v) is 12.8. The van der Waals surface area contributed by atoms with Gasteiger partial charge in [0.05, 0.1) is 13.2 Å². The molecule has 4 rings (SSSR count). The molecular formula is C29H35N5O3. The standard InChI is InChI=1S/C29H35N5O3/c1-5-33(6-2)24-9-10-25(21(4)17-24)29(36)32-26-19-23(8-7-20(26)3)31-28(35)22-11-12-30-27(18-22)34-13-15-37-16-14-34/h7-12,17-19H,5-6,13-16H2,1-4H3,(H,31,35)(H,32,36). The van der Waals surface area contributed by atoms with Gasteiger partial charge in [-0.1, -0.05) is 6.07 Å². The monoisotopic (exact) mass is 501 g/mol. The predicted molar refractivity (Wildman–Crippen MR) is 149 cm³/mol. The van der Waals surface area contributed by atoms with Gasteiger partial charge in [-0.05, 0) is 81.3 Å². The Morgan fingerprint density at radius 3 is 2.38 bits per heavy atom. The average molecular weight is 502 g/mol. The Kier molecular flexibility index (Phi) is 8.40. The SMILES string of the molecule is CCN(CC)c1ccc(C(=O)Nc2cc(NC(=O)c3ccnc(N4CCOCC4)c3)ccc2C)c(C)c1. The van der Waals surface area contributed by atoms with Crippen LogP contribution < -0.4 is 20.4 Å². The van der Waals surface area contributed by atoms with Crippen LogP contribution in [0, 0.1) is 13.8 Å². The summed E-state index contributed by atoms with van der Waals surface area (Å²) in [7, 11) is 0. The smallest absolute Gasteiger partial charge is 0.255 e. The van der Waals surface area contributed by atoms with E-state index in [4.69, 9.17) is 4.74 Å². The van der Waals surface area contributed by atoms with Crippen LogP contribution in [0.25, 0.3) is 0 Å². The highest BCUT2D eigenvalue weighted by Crippen LogP contribution is 2.24. The molecule has 0 atom stereocenters. The first-order chi connectivity index (χ1) is 17.9. The molecule has 8 nitrogen and oxygen atoms in total. The van der Waals surface area contributed by atoms with Gasteiger partial charge in [-0.25, -0.2) is 4.98 Å². The molecule has 2 amide bonds. The van der Waals surface area contributed by atoms with Crippen LogP contribution >= 0.6 is 0 Å². The molecule has 0 radical (unpaired) electrons. The van der Waals surface area contributed by atoms with Crippen LogP contribution in [0.5, 0.6) is 0 Å². The minimum absolute atomic E-state index is 0.181. The number of morpholine rings is 1. The summed E-state index contributed by atoms with van der Waals surface area (Å²) >= 11 is 0. The Morgan fingerprint density at radius 1 is 0.919 bits per heavy atom. The highest BCUT2D eigenvalue weighted by Gasteiger charge is 2.16. The summed E-state index contributed by atoms with van der Waals surface area (Å²) in [5.41, 5.74) is 5.32. The molecule has 2 aromatic carbocycles. The molecule has 1 saturated heterocycles. The van der Waals surface area contributed by atoms with Crippen molar-refractivity contribution in [2.75, 3.05) is 59.8 Å². The number of hydrogen-bond acceptors (Lipinski definition) is 6. The van der Waals surface area contributed by atoms with Gasteiger partial charge in [0.15, 0.2) is 0 Å². The van der Waals surface area contributed by atoms with Crippen molar-refractivity contribution >= 4 is 34.7 Å². The van der Waals surface area contributed by atoms with Gasteiger partial charge in [0.25, 0.3) is 11.8 Å². The summed E-state index contributed by atoms with van der Waals surface area (Å²) in [6.07, 6.45) is 1.65. The number of nitrogens with zero attached hydrogens (tertiary/aromatic N) is 3. The van der Waals surface area contributed by atoms with E-state index in [1.807, 2.05) is 44.2 Å². The van der Waals surface area contributed by atoms with Gasteiger partial charge < -0.3 is 25.2 Å². The fraction of sp³-hybridized carbons (Fsp3) is 0.345. The maximum absolute atomic E-state index is 13.1. The Balaban J connectivity index is 1.47. The van der Waals surface area contributed by atoms with E-state index in [0.29, 0.717) is 35.7 Å². The van der Waals surface area contributed by atoms with E-state index >= 15 is 0 Å². The second-order valence-corrected chi connectivity index (χ2v) is 9.11. The molecular weight excluding hydrogens is 466 g/mol. The van der Waals surface area contributed by atoms with Gasteiger partial charge in [0.2, 0.25) is 0 Å². The maximum atomic E-state index is 13.1. The lowest BCUT2D eigenvalue weighted by molar-refractivity contribution is 0.101. The second-order valence-electron chi connectivity index (χ2n) is 9.11. The number of rotatable bonds is 8. The average Bonchev–Trinajstić information content (AvgIpc) is 2.92. The zero-order chi connectivity index (χ0) is 26.4. The number of carbonyl (C=O) groups is 2. The van der Waals surface area contributed by atoms with Gasteiger partial charge in [-0.15, -0.1) is 0 Å². The largest absolute Gasteiger partial charge is 0.378 e. The molecule has 1 aliphatic heterocycles. The summed E-state index contributed by atoms with van der Waals surface area (Å²) in [5.74, 6) is 0.343. The molecule has 194 valence electrons. The van der Waals surface area contributed by atoms with Gasteiger partial charge in [0.1, 0.15) is 5.82 Å². The van der Waals surface area contributed by atoms with Crippen molar-refractivity contribution in [3.8, 4) is 0 Å². The number of aryl methyl sites for hydroxylation is 2. The van der Waals surface area contributed by atoms with Crippen molar-refractivity contribution < 1.29 is 14.3 Å². The van der Waals surface area contributed by atoms with Crippen LogP contribution in [0.3, 0.4) is 0 Å². The van der Waals surface area contributed by atoms with E-state index in [2.05, 4.69) is 39.3 Å². The van der Waals surface area contributed by atoms with Crippen molar-refractivity contribution in [2.45, 2.75) is 27.7 Å². The summed E-state index contributed by atoms with van der Waals surface area (Å²) < 4.78 is 5.40. The fourth-order valence-corrected chi connectivity index (χ4v) is 4.44. The predicted octanol–water partition coefficient (Wildman–Crippen LogP) is 4.89. The first-order valence-electron chi connectivity index (χ1n) is 12.8. The summed E-state index contributed by atoms with van der Waals surface area (Å²) in [6.45, 7) is 12.7. The molecule has 1 aromatic heterocycles. The highest BCUT2D eigenvalue weighted by molar-refractivity contribution is 6.07. The second kappa shape index (κ2) is 11.9. The number of benzene rings is 2. The first kappa shape index (κ1) is 26.2. The molecule has 0 unspecified atom stereocenters. The van der Waals surface area contributed by atoms with Crippen molar-refractivity contribution in [1.82, 2.24) is 4.98 Å². The Hall–Kier alpha value is -3.91. The lowest BCUT2D eigenvalue weighted by Crippen LogP contribution is -2.36. The van der Waals surface area contributed by atoms with Gasteiger partial charge in [0, 0.05) is 60.6 Å². The van der Waals surface area contributed by atoms with E-state index < -0.39 is 0 Å². The van der Waals surface area contributed by atoms with Gasteiger partial charge >= 0.3 is 0 Å². The van der Waals surface area contributed by atoms with Crippen LogP contribution in [-0.4, -0.2) is 56.2 Å². The molecule has 0 saturated carbocycles. The van der Waals surface area contributed by atoms with Crippen molar-refractivity contribution in [2.24, 2.45) is 0 Å². The number of hydrogen-bond donors (Lipinski definition) is 2.